The van der Waals surface area contributed by atoms with Crippen molar-refractivity contribution in [3.8, 4) is 0 Å². The molecule has 3 amide bonds. The van der Waals surface area contributed by atoms with Crippen molar-refractivity contribution < 1.29 is 14.4 Å². The van der Waals surface area contributed by atoms with Gasteiger partial charge in [-0.1, -0.05) is 72.8 Å². The number of nitrogens with one attached hydrogen (secondary N) is 1. The van der Waals surface area contributed by atoms with Crippen LogP contribution < -0.4 is 5.32 Å². The first-order chi connectivity index (χ1) is 15.1. The molecule has 3 aliphatic carbocycles. The zero-order chi connectivity index (χ0) is 21.4. The fourth-order valence-corrected chi connectivity index (χ4v) is 5.45. The minimum Gasteiger partial charge on any atom is -0.350 e. The molecule has 2 bridgehead atoms. The first kappa shape index (κ1) is 19.7. The second-order valence-corrected chi connectivity index (χ2v) is 8.80. The number of benzene rings is 2. The minimum absolute atomic E-state index is 0.112. The monoisotopic (exact) mass is 414 g/mol. The van der Waals surface area contributed by atoms with Crippen molar-refractivity contribution in [3.05, 3.63) is 83.9 Å². The van der Waals surface area contributed by atoms with Crippen molar-refractivity contribution in [2.24, 2.45) is 23.7 Å². The second-order valence-electron chi connectivity index (χ2n) is 8.80. The van der Waals surface area contributed by atoms with Crippen LogP contribution in [-0.2, 0) is 27.3 Å². The smallest absolute Gasteiger partial charge is 0.243 e. The van der Waals surface area contributed by atoms with E-state index in [4.69, 9.17) is 0 Å². The summed E-state index contributed by atoms with van der Waals surface area (Å²) in [6.07, 6.45) is 6.41. The number of rotatable bonds is 6. The molecule has 6 rings (SSSR count). The Labute approximate surface area is 182 Å². The van der Waals surface area contributed by atoms with Crippen molar-refractivity contribution in [1.29, 1.82) is 0 Å². The van der Waals surface area contributed by atoms with Crippen LogP contribution in [0.15, 0.2) is 72.8 Å². The third-order valence-corrected chi connectivity index (χ3v) is 6.99. The van der Waals surface area contributed by atoms with E-state index >= 15 is 0 Å². The van der Waals surface area contributed by atoms with Crippen molar-refractivity contribution >= 4 is 17.7 Å². The average molecular weight is 415 g/mol. The topological polar surface area (TPSA) is 66.5 Å². The highest BCUT2D eigenvalue weighted by Gasteiger charge is 2.58. The summed E-state index contributed by atoms with van der Waals surface area (Å²) in [6, 6.07) is 18.4. The van der Waals surface area contributed by atoms with Gasteiger partial charge >= 0.3 is 0 Å². The summed E-state index contributed by atoms with van der Waals surface area (Å²) in [6.45, 7) is 0.362. The molecule has 0 unspecified atom stereocenters. The highest BCUT2D eigenvalue weighted by Crippen LogP contribution is 2.50. The van der Waals surface area contributed by atoms with E-state index in [1.54, 1.807) is 0 Å². The van der Waals surface area contributed by atoms with E-state index in [0.29, 0.717) is 13.0 Å². The second kappa shape index (κ2) is 8.14. The molecule has 1 aliphatic heterocycles. The van der Waals surface area contributed by atoms with E-state index in [1.807, 2.05) is 60.7 Å². The highest BCUT2D eigenvalue weighted by molar-refractivity contribution is 6.09. The van der Waals surface area contributed by atoms with Crippen molar-refractivity contribution in [2.45, 2.75) is 31.8 Å². The van der Waals surface area contributed by atoms with Crippen LogP contribution in [0.2, 0.25) is 0 Å². The molecule has 0 aromatic heterocycles. The van der Waals surface area contributed by atoms with E-state index in [2.05, 4.69) is 17.5 Å². The quantitative estimate of drug-likeness (QED) is 0.583. The summed E-state index contributed by atoms with van der Waals surface area (Å²) in [5.41, 5.74) is 1.91. The van der Waals surface area contributed by atoms with Crippen LogP contribution in [-0.4, -0.2) is 28.7 Å². The zero-order valence-electron chi connectivity index (χ0n) is 17.3. The van der Waals surface area contributed by atoms with Crippen molar-refractivity contribution in [3.63, 3.8) is 0 Å². The van der Waals surface area contributed by atoms with Gasteiger partial charge in [0.25, 0.3) is 0 Å². The van der Waals surface area contributed by atoms with Crippen LogP contribution >= 0.6 is 0 Å². The van der Waals surface area contributed by atoms with Crippen LogP contribution in [0.25, 0.3) is 0 Å². The zero-order valence-corrected chi connectivity index (χ0v) is 17.3. The Morgan fingerprint density at radius 1 is 0.839 bits per heavy atom. The van der Waals surface area contributed by atoms with Crippen LogP contribution in [0.3, 0.4) is 0 Å². The lowest BCUT2D eigenvalue weighted by Crippen LogP contribution is -2.51. The summed E-state index contributed by atoms with van der Waals surface area (Å²) in [5, 5.41) is 2.96. The van der Waals surface area contributed by atoms with Gasteiger partial charge in [0.2, 0.25) is 17.7 Å². The molecule has 1 saturated heterocycles. The lowest BCUT2D eigenvalue weighted by atomic mass is 9.63. The van der Waals surface area contributed by atoms with Gasteiger partial charge in [-0.15, -0.1) is 0 Å². The largest absolute Gasteiger partial charge is 0.350 e. The van der Waals surface area contributed by atoms with Crippen LogP contribution in [0.1, 0.15) is 24.0 Å². The van der Waals surface area contributed by atoms with Gasteiger partial charge in [-0.2, -0.15) is 0 Å². The molecule has 1 heterocycles. The molecular formula is C26H26N2O3. The van der Waals surface area contributed by atoms with Crippen LogP contribution in [0, 0.1) is 23.7 Å². The predicted octanol–water partition coefficient (Wildman–Crippen LogP) is 3.11. The van der Waals surface area contributed by atoms with E-state index in [1.165, 1.54) is 4.90 Å². The highest BCUT2D eigenvalue weighted by atomic mass is 16.2. The van der Waals surface area contributed by atoms with E-state index < -0.39 is 6.04 Å². The third-order valence-electron chi connectivity index (χ3n) is 6.99. The fourth-order valence-electron chi connectivity index (χ4n) is 5.45. The molecule has 0 spiro atoms. The molecule has 31 heavy (non-hydrogen) atoms. The SMILES string of the molecule is O=C(NCc1ccccc1)[C@@H](Cc1ccccc1)N1C(=O)[C@@H]2[C@H](C1=O)[C@H]1C=C[C@H]2CC1. The molecule has 1 saturated carbocycles. The summed E-state index contributed by atoms with van der Waals surface area (Å²) in [5.74, 6) is -1.03. The molecule has 0 radical (unpaired) electrons. The average Bonchev–Trinajstić information content (AvgIpc) is 3.10. The van der Waals surface area contributed by atoms with Crippen molar-refractivity contribution in [2.75, 3.05) is 0 Å². The molecule has 4 aliphatic rings. The normalized spacial score (nSPS) is 27.3. The Morgan fingerprint density at radius 3 is 1.87 bits per heavy atom. The number of hydrogen-bond donors (Lipinski definition) is 1. The number of allylic oxidation sites excluding steroid dienone is 2. The van der Waals surface area contributed by atoms with E-state index in [0.717, 1.165) is 24.0 Å². The van der Waals surface area contributed by atoms with Gasteiger partial charge in [0.05, 0.1) is 11.8 Å². The van der Waals surface area contributed by atoms with Gasteiger partial charge in [0, 0.05) is 13.0 Å². The lowest BCUT2D eigenvalue weighted by Gasteiger charge is -2.38. The first-order valence-electron chi connectivity index (χ1n) is 11.0. The van der Waals surface area contributed by atoms with Gasteiger partial charge in [-0.05, 0) is 35.8 Å². The van der Waals surface area contributed by atoms with Crippen LogP contribution in [0.4, 0.5) is 0 Å². The third kappa shape index (κ3) is 3.58. The number of likely N-dealkylation sites (tertiary alicyclic amines) is 1. The number of hydrogen-bond acceptors (Lipinski definition) is 3. The number of carbonyl (C=O) groups is 3. The maximum atomic E-state index is 13.4. The van der Waals surface area contributed by atoms with Gasteiger partial charge < -0.3 is 5.32 Å². The maximum Gasteiger partial charge on any atom is 0.243 e. The maximum absolute atomic E-state index is 13.4. The summed E-state index contributed by atoms with van der Waals surface area (Å²) >= 11 is 0. The summed E-state index contributed by atoms with van der Waals surface area (Å²) < 4.78 is 0. The standard InChI is InChI=1S/C26H26N2O3/c29-24(27-16-18-9-5-2-6-10-18)21(15-17-7-3-1-4-8-17)28-25(30)22-19-11-12-20(14-13-19)23(22)26(28)31/h1-12,19-23H,13-16H2,(H,27,29)/t19-,20-,21+,22-,23+/m0/s1. The van der Waals surface area contributed by atoms with Crippen LogP contribution in [0.5, 0.6) is 0 Å². The number of fused-ring (bicyclic) bond motifs is 1. The molecule has 5 heteroatoms. The predicted molar refractivity (Wildman–Crippen MR) is 116 cm³/mol. The molecule has 158 valence electrons. The molecule has 2 fully saturated rings. The molecule has 1 N–H and O–H groups in total. The molecule has 2 aromatic carbocycles. The fraction of sp³-hybridized carbons (Fsp3) is 0.346. The summed E-state index contributed by atoms with van der Waals surface area (Å²) in [7, 11) is 0. The number of amides is 3. The Kier molecular flexibility index (Phi) is 5.18. The Hall–Kier alpha value is -3.21. The van der Waals surface area contributed by atoms with Gasteiger partial charge in [-0.3, -0.25) is 19.3 Å². The molecule has 2 aromatic rings. The molecule has 5 nitrogen and oxygen atoms in total. The lowest BCUT2D eigenvalue weighted by molar-refractivity contribution is -0.148. The Morgan fingerprint density at radius 2 is 1.35 bits per heavy atom. The molecular weight excluding hydrogens is 388 g/mol. The van der Waals surface area contributed by atoms with E-state index in [-0.39, 0.29) is 41.4 Å². The first-order valence-corrected chi connectivity index (χ1v) is 11.0. The van der Waals surface area contributed by atoms with Gasteiger partial charge in [0.15, 0.2) is 0 Å². The minimum atomic E-state index is -0.837. The summed E-state index contributed by atoms with van der Waals surface area (Å²) in [4.78, 5) is 41.5. The number of imide groups is 1. The van der Waals surface area contributed by atoms with E-state index in [9.17, 15) is 14.4 Å². The number of carbonyl (C=O) groups excluding carboxylic acids is 3. The van der Waals surface area contributed by atoms with Gasteiger partial charge in [0.1, 0.15) is 6.04 Å². The Bertz CT molecular complexity index is 985. The Balaban J connectivity index is 1.42. The number of nitrogens with zero attached hydrogens (tertiary/aromatic N) is 1. The van der Waals surface area contributed by atoms with Crippen molar-refractivity contribution in [1.82, 2.24) is 10.2 Å². The van der Waals surface area contributed by atoms with Gasteiger partial charge in [-0.25, -0.2) is 0 Å². The molecule has 5 atom stereocenters.